The Balaban J connectivity index is 1.87. The van der Waals surface area contributed by atoms with Crippen molar-refractivity contribution in [3.63, 3.8) is 0 Å². The van der Waals surface area contributed by atoms with E-state index in [1.54, 1.807) is 6.07 Å². The number of aromatic amines is 1. The quantitative estimate of drug-likeness (QED) is 0.757. The number of hydrogen-bond donors (Lipinski definition) is 2. The first-order valence-electron chi connectivity index (χ1n) is 7.51. The fourth-order valence-electron chi connectivity index (χ4n) is 3.17. The van der Waals surface area contributed by atoms with Gasteiger partial charge in [-0.3, -0.25) is 4.79 Å². The number of halogens is 1. The van der Waals surface area contributed by atoms with Gasteiger partial charge in [0.2, 0.25) is 5.56 Å². The highest BCUT2D eigenvalue weighted by molar-refractivity contribution is 5.91. The highest BCUT2D eigenvalue weighted by Gasteiger charge is 2.36. The summed E-state index contributed by atoms with van der Waals surface area (Å²) in [5, 5.41) is 4.64. The van der Waals surface area contributed by atoms with Gasteiger partial charge < -0.3 is 15.2 Å². The van der Waals surface area contributed by atoms with E-state index >= 15 is 0 Å². The van der Waals surface area contributed by atoms with Gasteiger partial charge in [0.1, 0.15) is 5.82 Å². The molecular weight excluding hydrogens is 299 g/mol. The molecule has 0 saturated heterocycles. The Bertz CT molecular complexity index is 941. The van der Waals surface area contributed by atoms with Crippen LogP contribution in [0, 0.1) is 5.82 Å². The largest absolute Gasteiger partial charge is 0.334 e. The Kier molecular flexibility index (Phi) is 3.05. The normalized spacial score (nSPS) is 17.0. The Morgan fingerprint density at radius 3 is 2.83 bits per heavy atom. The number of fused-ring (bicyclic) bond motifs is 1. The SMILES string of the molecule is NC1(c2noc(-c3cc(=O)[nH]c4cc(F)ccc34)n2)CCCC1. The molecule has 1 aromatic carbocycles. The fraction of sp³-hybridized carbons (Fsp3) is 0.312. The molecule has 0 unspecified atom stereocenters. The van der Waals surface area contributed by atoms with Gasteiger partial charge in [0.05, 0.1) is 16.6 Å². The first-order valence-corrected chi connectivity index (χ1v) is 7.51. The third kappa shape index (κ3) is 2.33. The molecule has 23 heavy (non-hydrogen) atoms. The van der Waals surface area contributed by atoms with Crippen molar-refractivity contribution in [2.45, 2.75) is 31.2 Å². The van der Waals surface area contributed by atoms with Crippen LogP contribution >= 0.6 is 0 Å². The van der Waals surface area contributed by atoms with Crippen LogP contribution in [0.2, 0.25) is 0 Å². The average molecular weight is 314 g/mol. The van der Waals surface area contributed by atoms with Crippen molar-refractivity contribution in [3.05, 3.63) is 46.3 Å². The van der Waals surface area contributed by atoms with Crippen LogP contribution in [0.25, 0.3) is 22.4 Å². The molecule has 0 amide bonds. The summed E-state index contributed by atoms with van der Waals surface area (Å²) in [6.45, 7) is 0. The monoisotopic (exact) mass is 314 g/mol. The molecule has 1 aliphatic rings. The van der Waals surface area contributed by atoms with Crippen LogP contribution in [0.15, 0.2) is 33.6 Å². The van der Waals surface area contributed by atoms with Gasteiger partial charge in [0.25, 0.3) is 5.89 Å². The standard InChI is InChI=1S/C16H15FN4O2/c17-9-3-4-10-11(8-13(22)19-12(10)7-9)14-20-15(21-23-14)16(18)5-1-2-6-16/h3-4,7-8H,1-2,5-6,18H2,(H,19,22). The van der Waals surface area contributed by atoms with Gasteiger partial charge in [-0.1, -0.05) is 18.0 Å². The van der Waals surface area contributed by atoms with Crippen molar-refractivity contribution in [2.75, 3.05) is 0 Å². The lowest BCUT2D eigenvalue weighted by Gasteiger charge is -2.17. The summed E-state index contributed by atoms with van der Waals surface area (Å²) in [5.74, 6) is 0.253. The maximum atomic E-state index is 13.4. The van der Waals surface area contributed by atoms with E-state index in [-0.39, 0.29) is 11.4 Å². The van der Waals surface area contributed by atoms with Crippen LogP contribution in [-0.2, 0) is 5.54 Å². The molecule has 0 bridgehead atoms. The third-order valence-electron chi connectivity index (χ3n) is 4.40. The zero-order chi connectivity index (χ0) is 16.0. The molecule has 0 radical (unpaired) electrons. The van der Waals surface area contributed by atoms with Crippen molar-refractivity contribution in [3.8, 4) is 11.5 Å². The Hall–Kier alpha value is -2.54. The van der Waals surface area contributed by atoms with Crippen LogP contribution in [0.4, 0.5) is 4.39 Å². The lowest BCUT2D eigenvalue weighted by Crippen LogP contribution is -2.34. The summed E-state index contributed by atoms with van der Waals surface area (Å²) in [5.41, 5.74) is 6.27. The minimum Gasteiger partial charge on any atom is -0.334 e. The number of hydrogen-bond acceptors (Lipinski definition) is 5. The molecule has 7 heteroatoms. The molecule has 4 rings (SSSR count). The van der Waals surface area contributed by atoms with Crippen molar-refractivity contribution in [1.29, 1.82) is 0 Å². The van der Waals surface area contributed by atoms with E-state index in [9.17, 15) is 9.18 Å². The van der Waals surface area contributed by atoms with E-state index in [4.69, 9.17) is 10.3 Å². The molecule has 1 fully saturated rings. The minimum absolute atomic E-state index is 0.222. The second-order valence-electron chi connectivity index (χ2n) is 6.02. The molecular formula is C16H15FN4O2. The molecule has 6 nitrogen and oxygen atoms in total. The molecule has 3 N–H and O–H groups in total. The topological polar surface area (TPSA) is 97.8 Å². The number of H-pyrrole nitrogens is 1. The molecule has 1 aliphatic carbocycles. The molecule has 0 spiro atoms. The highest BCUT2D eigenvalue weighted by atomic mass is 19.1. The minimum atomic E-state index is -0.565. The molecule has 118 valence electrons. The Morgan fingerprint density at radius 2 is 2.04 bits per heavy atom. The number of benzene rings is 1. The second-order valence-corrected chi connectivity index (χ2v) is 6.02. The zero-order valence-corrected chi connectivity index (χ0v) is 12.3. The Labute approximate surface area is 130 Å². The predicted molar refractivity (Wildman–Crippen MR) is 82.2 cm³/mol. The number of pyridine rings is 1. The van der Waals surface area contributed by atoms with E-state index in [1.165, 1.54) is 18.2 Å². The van der Waals surface area contributed by atoms with Gasteiger partial charge in [0.15, 0.2) is 5.82 Å². The van der Waals surface area contributed by atoms with E-state index in [1.807, 2.05) is 0 Å². The van der Waals surface area contributed by atoms with Crippen LogP contribution in [0.3, 0.4) is 0 Å². The smallest absolute Gasteiger partial charge is 0.258 e. The maximum absolute atomic E-state index is 13.4. The number of rotatable bonds is 2. The van der Waals surface area contributed by atoms with Crippen LogP contribution in [0.5, 0.6) is 0 Å². The van der Waals surface area contributed by atoms with Crippen molar-refractivity contribution >= 4 is 10.9 Å². The zero-order valence-electron chi connectivity index (χ0n) is 12.3. The number of nitrogens with zero attached hydrogens (tertiary/aromatic N) is 2. The summed E-state index contributed by atoms with van der Waals surface area (Å²) in [4.78, 5) is 18.8. The van der Waals surface area contributed by atoms with Gasteiger partial charge in [-0.05, 0) is 31.0 Å². The first kappa shape index (κ1) is 14.1. The predicted octanol–water partition coefficient (Wildman–Crippen LogP) is 2.45. The number of aromatic nitrogens is 3. The summed E-state index contributed by atoms with van der Waals surface area (Å²) in [6.07, 6.45) is 3.70. The summed E-state index contributed by atoms with van der Waals surface area (Å²) in [7, 11) is 0. The molecule has 2 aromatic heterocycles. The van der Waals surface area contributed by atoms with Crippen LogP contribution in [0.1, 0.15) is 31.5 Å². The third-order valence-corrected chi connectivity index (χ3v) is 4.40. The summed E-state index contributed by atoms with van der Waals surface area (Å²) >= 11 is 0. The van der Waals surface area contributed by atoms with Gasteiger partial charge in [-0.2, -0.15) is 4.98 Å². The maximum Gasteiger partial charge on any atom is 0.258 e. The summed E-state index contributed by atoms with van der Waals surface area (Å²) < 4.78 is 18.7. The van der Waals surface area contributed by atoms with E-state index in [2.05, 4.69) is 15.1 Å². The molecule has 2 heterocycles. The van der Waals surface area contributed by atoms with E-state index in [0.29, 0.717) is 22.3 Å². The molecule has 0 aliphatic heterocycles. The number of nitrogens with two attached hydrogens (primary N) is 1. The number of nitrogens with one attached hydrogen (secondary N) is 1. The fourth-order valence-corrected chi connectivity index (χ4v) is 3.17. The Morgan fingerprint density at radius 1 is 1.26 bits per heavy atom. The van der Waals surface area contributed by atoms with Crippen molar-refractivity contribution < 1.29 is 8.91 Å². The van der Waals surface area contributed by atoms with Gasteiger partial charge in [0, 0.05) is 11.5 Å². The lowest BCUT2D eigenvalue weighted by molar-refractivity contribution is 0.373. The van der Waals surface area contributed by atoms with E-state index < -0.39 is 11.4 Å². The molecule has 0 atom stereocenters. The van der Waals surface area contributed by atoms with Crippen molar-refractivity contribution in [1.82, 2.24) is 15.1 Å². The van der Waals surface area contributed by atoms with Crippen LogP contribution < -0.4 is 11.3 Å². The molecule has 1 saturated carbocycles. The lowest BCUT2D eigenvalue weighted by atomic mass is 9.98. The molecule has 3 aromatic rings. The average Bonchev–Trinajstić information content (AvgIpc) is 3.15. The first-order chi connectivity index (χ1) is 11.0. The second kappa shape index (κ2) is 4.99. The van der Waals surface area contributed by atoms with Gasteiger partial charge in [-0.15, -0.1) is 0 Å². The summed E-state index contributed by atoms with van der Waals surface area (Å²) in [6, 6.07) is 5.53. The van der Waals surface area contributed by atoms with Gasteiger partial charge >= 0.3 is 0 Å². The van der Waals surface area contributed by atoms with E-state index in [0.717, 1.165) is 25.7 Å². The highest BCUT2D eigenvalue weighted by Crippen LogP contribution is 2.36. The van der Waals surface area contributed by atoms with Crippen LogP contribution in [-0.4, -0.2) is 15.1 Å². The van der Waals surface area contributed by atoms with Gasteiger partial charge in [-0.25, -0.2) is 4.39 Å². The van der Waals surface area contributed by atoms with Crippen molar-refractivity contribution in [2.24, 2.45) is 5.73 Å².